The Labute approximate surface area is 258 Å². The average Bonchev–Trinajstić information content (AvgIpc) is 3.81. The molecule has 44 heavy (non-hydrogen) atoms. The van der Waals surface area contributed by atoms with Gasteiger partial charge in [0, 0.05) is 77.2 Å². The fraction of sp³-hybridized carbons (Fsp3) is 0.793. The summed E-state index contributed by atoms with van der Waals surface area (Å²) in [5.41, 5.74) is 0.280. The molecule has 0 saturated carbocycles. The standard InChI is InChI=1S/C14H21N3O4.C9H15N3O3.C5H8O2.CH4/c18-17(19)13-11-2-1-3-12(21-11)16-6-5-15(14(13)16)8-10-4-7-20-9-10;13-12(14)6-9-10-2-3-11(9)5-8-1-4-15-7-8;6-4-2-1-3-5-7;/h10-12H,1-9H2;6,8,10H,1-5,7H2;4-5H,1-3H2;1H4/b;9-6+;;/t10?,11-,12+;;;/m0.../s1. The molecule has 2 unspecified atom stereocenters. The molecule has 15 heteroatoms. The van der Waals surface area contributed by atoms with Crippen LogP contribution in [0.1, 0.15) is 58.8 Å². The molecule has 4 atom stereocenters. The zero-order valence-corrected chi connectivity index (χ0v) is 24.7. The molecule has 5 saturated heterocycles. The first-order chi connectivity index (χ1) is 20.9. The fourth-order valence-electron chi connectivity index (χ4n) is 6.30. The van der Waals surface area contributed by atoms with Crippen LogP contribution in [0.4, 0.5) is 0 Å². The van der Waals surface area contributed by atoms with Crippen LogP contribution in [-0.2, 0) is 23.8 Å². The summed E-state index contributed by atoms with van der Waals surface area (Å²) in [6.07, 6.45) is 8.99. The molecule has 0 aliphatic carbocycles. The molecule has 6 aliphatic heterocycles. The lowest BCUT2D eigenvalue weighted by Crippen LogP contribution is -2.49. The van der Waals surface area contributed by atoms with Crippen LogP contribution in [0.5, 0.6) is 0 Å². The maximum atomic E-state index is 11.6. The van der Waals surface area contributed by atoms with E-state index < -0.39 is 4.92 Å². The molecule has 6 heterocycles. The van der Waals surface area contributed by atoms with Crippen LogP contribution in [-0.4, -0.2) is 115 Å². The lowest BCUT2D eigenvalue weighted by Gasteiger charge is -2.41. The second kappa shape index (κ2) is 17.9. The number of carbonyl (C=O) groups is 2. The molecule has 0 amide bonds. The van der Waals surface area contributed by atoms with Crippen molar-refractivity contribution in [3.63, 3.8) is 0 Å². The molecule has 2 bridgehead atoms. The Balaban J connectivity index is 0.000000202. The van der Waals surface area contributed by atoms with Gasteiger partial charge in [0.05, 0.1) is 23.1 Å². The molecule has 6 aliphatic rings. The summed E-state index contributed by atoms with van der Waals surface area (Å²) in [5, 5.41) is 25.0. The van der Waals surface area contributed by atoms with E-state index in [0.29, 0.717) is 36.9 Å². The van der Waals surface area contributed by atoms with Gasteiger partial charge in [-0.05, 0) is 38.5 Å². The maximum Gasteiger partial charge on any atom is 0.314 e. The van der Waals surface area contributed by atoms with Crippen molar-refractivity contribution in [2.45, 2.75) is 71.1 Å². The Morgan fingerprint density at radius 1 is 0.886 bits per heavy atom. The highest BCUT2D eigenvalue weighted by atomic mass is 16.6. The summed E-state index contributed by atoms with van der Waals surface area (Å²) in [6, 6.07) is 0. The van der Waals surface area contributed by atoms with E-state index in [-0.39, 0.29) is 30.4 Å². The van der Waals surface area contributed by atoms with E-state index in [1.165, 1.54) is 0 Å². The summed E-state index contributed by atoms with van der Waals surface area (Å²) in [7, 11) is 0. The van der Waals surface area contributed by atoms with Crippen LogP contribution >= 0.6 is 0 Å². The number of nitrogens with one attached hydrogen (secondary N) is 1. The van der Waals surface area contributed by atoms with Gasteiger partial charge in [-0.25, -0.2) is 0 Å². The van der Waals surface area contributed by atoms with Gasteiger partial charge in [0.25, 0.3) is 6.20 Å². The van der Waals surface area contributed by atoms with Crippen LogP contribution in [0, 0.1) is 32.1 Å². The zero-order chi connectivity index (χ0) is 30.6. The molecule has 0 spiro atoms. The number of hydrogen-bond donors (Lipinski definition) is 1. The summed E-state index contributed by atoms with van der Waals surface area (Å²) in [6.45, 7) is 8.23. The Morgan fingerprint density at radius 2 is 1.55 bits per heavy atom. The minimum absolute atomic E-state index is 0. The van der Waals surface area contributed by atoms with Gasteiger partial charge in [-0.15, -0.1) is 0 Å². The van der Waals surface area contributed by atoms with Crippen molar-refractivity contribution in [3.05, 3.63) is 43.8 Å². The number of ether oxygens (including phenoxy) is 3. The SMILES string of the molecule is C.O=CCCCC=O.O=[N+]([O-])/C=C1\NCCN1CC1CCOC1.O=[N+]([O-])C1=C2N(CC3CCOC3)CCN2[C@H]2CCC[C@@H]1O2. The van der Waals surface area contributed by atoms with Gasteiger partial charge in [-0.3, -0.25) is 20.2 Å². The topological polar surface area (TPSA) is 170 Å². The van der Waals surface area contributed by atoms with Gasteiger partial charge in [0.2, 0.25) is 0 Å². The number of rotatable bonds is 10. The quantitative estimate of drug-likeness (QED) is 0.163. The summed E-state index contributed by atoms with van der Waals surface area (Å²) < 4.78 is 16.6. The number of nitro groups is 2. The number of hydrogen-bond acceptors (Lipinski definition) is 13. The summed E-state index contributed by atoms with van der Waals surface area (Å²) in [5.74, 6) is 2.47. The molecule has 248 valence electrons. The number of unbranched alkanes of at least 4 members (excludes halogenated alkanes) is 2. The van der Waals surface area contributed by atoms with E-state index in [1.54, 1.807) is 0 Å². The largest absolute Gasteiger partial charge is 0.381 e. The van der Waals surface area contributed by atoms with Crippen molar-refractivity contribution in [2.24, 2.45) is 11.8 Å². The Morgan fingerprint density at radius 3 is 2.11 bits per heavy atom. The smallest absolute Gasteiger partial charge is 0.314 e. The van der Waals surface area contributed by atoms with Gasteiger partial charge in [0.1, 0.15) is 18.8 Å². The molecule has 6 rings (SSSR count). The molecular weight excluding hydrogens is 576 g/mol. The second-order valence-corrected chi connectivity index (χ2v) is 11.5. The Bertz CT molecular complexity index is 1020. The van der Waals surface area contributed by atoms with E-state index >= 15 is 0 Å². The predicted molar refractivity (Wildman–Crippen MR) is 160 cm³/mol. The molecular formula is C29H48N6O9. The predicted octanol–water partition coefficient (Wildman–Crippen LogP) is 2.19. The third-order valence-electron chi connectivity index (χ3n) is 8.40. The van der Waals surface area contributed by atoms with Gasteiger partial charge < -0.3 is 43.8 Å². The van der Waals surface area contributed by atoms with Gasteiger partial charge in [-0.2, -0.15) is 0 Å². The molecule has 1 N–H and O–H groups in total. The molecule has 5 fully saturated rings. The number of aldehydes is 2. The highest BCUT2D eigenvalue weighted by molar-refractivity contribution is 5.52. The van der Waals surface area contributed by atoms with Crippen molar-refractivity contribution < 1.29 is 33.6 Å². The highest BCUT2D eigenvalue weighted by Gasteiger charge is 2.49. The van der Waals surface area contributed by atoms with Crippen molar-refractivity contribution in [3.8, 4) is 0 Å². The maximum absolute atomic E-state index is 11.6. The van der Waals surface area contributed by atoms with Crippen molar-refractivity contribution >= 4 is 12.6 Å². The van der Waals surface area contributed by atoms with Crippen LogP contribution < -0.4 is 5.32 Å². The van der Waals surface area contributed by atoms with E-state index in [4.69, 9.17) is 14.2 Å². The van der Waals surface area contributed by atoms with Gasteiger partial charge in [0.15, 0.2) is 17.7 Å². The van der Waals surface area contributed by atoms with Crippen molar-refractivity contribution in [1.29, 1.82) is 0 Å². The number of fused-ring (bicyclic) bond motifs is 4. The lowest BCUT2D eigenvalue weighted by molar-refractivity contribution is -0.448. The number of carbonyl (C=O) groups excluding carboxylic acids is 2. The lowest BCUT2D eigenvalue weighted by atomic mass is 10.0. The molecule has 0 aromatic rings. The minimum atomic E-state index is -0.411. The zero-order valence-electron chi connectivity index (χ0n) is 24.7. The third-order valence-corrected chi connectivity index (χ3v) is 8.40. The molecule has 15 nitrogen and oxygen atoms in total. The van der Waals surface area contributed by atoms with E-state index in [9.17, 15) is 29.8 Å². The van der Waals surface area contributed by atoms with Crippen LogP contribution in [0.2, 0.25) is 0 Å². The van der Waals surface area contributed by atoms with E-state index in [2.05, 4.69) is 15.1 Å². The van der Waals surface area contributed by atoms with Crippen molar-refractivity contribution in [1.82, 2.24) is 20.0 Å². The van der Waals surface area contributed by atoms with Gasteiger partial charge in [-0.1, -0.05) is 7.43 Å². The highest BCUT2D eigenvalue weighted by Crippen LogP contribution is 2.39. The van der Waals surface area contributed by atoms with Crippen LogP contribution in [0.3, 0.4) is 0 Å². The summed E-state index contributed by atoms with van der Waals surface area (Å²) in [4.78, 5) is 46.8. The first-order valence-electron chi connectivity index (χ1n) is 15.3. The fourth-order valence-corrected chi connectivity index (χ4v) is 6.30. The third kappa shape index (κ3) is 9.60. The minimum Gasteiger partial charge on any atom is -0.381 e. The normalized spacial score (nSPS) is 27.8. The Hall–Kier alpha value is -3.30. The first-order valence-corrected chi connectivity index (χ1v) is 15.3. The molecule has 0 aromatic heterocycles. The monoisotopic (exact) mass is 624 g/mol. The number of nitrogens with zero attached hydrogens (tertiary/aromatic N) is 5. The van der Waals surface area contributed by atoms with Crippen molar-refractivity contribution in [2.75, 3.05) is 65.7 Å². The van der Waals surface area contributed by atoms with E-state index in [1.807, 2.05) is 4.90 Å². The van der Waals surface area contributed by atoms with Crippen LogP contribution in [0.25, 0.3) is 0 Å². The second-order valence-electron chi connectivity index (χ2n) is 11.5. The average molecular weight is 625 g/mol. The molecule has 0 aromatic carbocycles. The Kier molecular flexibility index (Phi) is 14.3. The van der Waals surface area contributed by atoms with Gasteiger partial charge >= 0.3 is 5.70 Å². The molecule has 0 radical (unpaired) electrons. The van der Waals surface area contributed by atoms with Crippen LogP contribution in [0.15, 0.2) is 23.5 Å². The first kappa shape index (κ1) is 35.2. The van der Waals surface area contributed by atoms with E-state index in [0.717, 1.165) is 122 Å². The summed E-state index contributed by atoms with van der Waals surface area (Å²) >= 11 is 0.